The monoisotopic (exact) mass is 288 g/mol. The topological polar surface area (TPSA) is 99.4 Å². The van der Waals surface area contributed by atoms with E-state index in [0.29, 0.717) is 24.2 Å². The average molecular weight is 288 g/mol. The highest BCUT2D eigenvalue weighted by molar-refractivity contribution is 5.86. The molecule has 0 spiro atoms. The molecule has 6 nitrogen and oxygen atoms in total. The number of carboxylic acids is 1. The summed E-state index contributed by atoms with van der Waals surface area (Å²) in [6, 6.07) is 7.65. The molecule has 0 saturated carbocycles. The smallest absolute Gasteiger partial charge is 0.326 e. The van der Waals surface area contributed by atoms with Crippen LogP contribution in [0.15, 0.2) is 24.3 Å². The largest absolute Gasteiger partial charge is 0.480 e. The van der Waals surface area contributed by atoms with E-state index in [2.05, 4.69) is 5.32 Å². The first-order valence-corrected chi connectivity index (χ1v) is 6.74. The number of hydrogen-bond acceptors (Lipinski definition) is 4. The number of amides is 1. The van der Waals surface area contributed by atoms with Gasteiger partial charge in [0.2, 0.25) is 5.91 Å². The molecule has 2 rings (SSSR count). The van der Waals surface area contributed by atoms with Crippen molar-refractivity contribution in [1.29, 1.82) is 5.26 Å². The number of nitrogens with one attached hydrogen (secondary N) is 1. The Hall–Kier alpha value is -2.39. The second-order valence-corrected chi connectivity index (χ2v) is 4.92. The number of carbonyl (C=O) groups is 2. The molecule has 21 heavy (non-hydrogen) atoms. The molecule has 1 fully saturated rings. The van der Waals surface area contributed by atoms with Crippen LogP contribution in [0.1, 0.15) is 24.0 Å². The number of carbonyl (C=O) groups excluding carboxylic acids is 1. The Morgan fingerprint density at radius 2 is 2.33 bits per heavy atom. The van der Waals surface area contributed by atoms with Crippen LogP contribution in [-0.4, -0.2) is 35.7 Å². The summed E-state index contributed by atoms with van der Waals surface area (Å²) >= 11 is 0. The molecule has 0 aliphatic carbocycles. The Labute approximate surface area is 122 Å². The van der Waals surface area contributed by atoms with Gasteiger partial charge < -0.3 is 15.2 Å². The molecule has 1 aliphatic heterocycles. The maximum Gasteiger partial charge on any atom is 0.326 e. The fourth-order valence-electron chi connectivity index (χ4n) is 2.25. The van der Waals surface area contributed by atoms with Crippen LogP contribution in [0, 0.1) is 11.3 Å². The lowest BCUT2D eigenvalue weighted by Gasteiger charge is -2.17. The Morgan fingerprint density at radius 3 is 2.95 bits per heavy atom. The summed E-state index contributed by atoms with van der Waals surface area (Å²) in [5.74, 6) is -1.50. The molecule has 2 atom stereocenters. The molecular formula is C15H16N2O4. The van der Waals surface area contributed by atoms with Gasteiger partial charge in [-0.1, -0.05) is 12.1 Å². The van der Waals surface area contributed by atoms with Gasteiger partial charge in [0.15, 0.2) is 0 Å². The van der Waals surface area contributed by atoms with Crippen LogP contribution >= 0.6 is 0 Å². The van der Waals surface area contributed by atoms with Crippen molar-refractivity contribution in [1.82, 2.24) is 5.32 Å². The zero-order valence-electron chi connectivity index (χ0n) is 11.4. The quantitative estimate of drug-likeness (QED) is 0.836. The van der Waals surface area contributed by atoms with E-state index in [-0.39, 0.29) is 6.42 Å². The van der Waals surface area contributed by atoms with Gasteiger partial charge in [-0.15, -0.1) is 0 Å². The summed E-state index contributed by atoms with van der Waals surface area (Å²) in [5, 5.41) is 20.6. The molecule has 1 aromatic rings. The molecule has 0 unspecified atom stereocenters. The van der Waals surface area contributed by atoms with Crippen molar-refractivity contribution in [3.63, 3.8) is 0 Å². The number of carboxylic acid groups (broad SMARTS) is 1. The van der Waals surface area contributed by atoms with Crippen LogP contribution in [0.5, 0.6) is 0 Å². The predicted octanol–water partition coefficient (Wildman–Crippen LogP) is 0.849. The molecule has 1 heterocycles. The fraction of sp³-hybridized carbons (Fsp3) is 0.400. The Kier molecular flexibility index (Phi) is 4.90. The Bertz CT molecular complexity index is 573. The molecule has 0 radical (unpaired) electrons. The number of nitriles is 1. The lowest BCUT2D eigenvalue weighted by molar-refractivity contribution is -0.143. The zero-order chi connectivity index (χ0) is 15.2. The van der Waals surface area contributed by atoms with Gasteiger partial charge in [-0.25, -0.2) is 4.79 Å². The first-order valence-electron chi connectivity index (χ1n) is 6.74. The molecule has 1 amide bonds. The van der Waals surface area contributed by atoms with Gasteiger partial charge in [-0.2, -0.15) is 5.26 Å². The lowest BCUT2D eigenvalue weighted by atomic mass is 10.0. The molecule has 2 N–H and O–H groups in total. The first-order chi connectivity index (χ1) is 10.1. The van der Waals surface area contributed by atoms with Gasteiger partial charge in [0.05, 0.1) is 11.6 Å². The van der Waals surface area contributed by atoms with Crippen LogP contribution < -0.4 is 5.32 Å². The molecule has 0 aromatic heterocycles. The van der Waals surface area contributed by atoms with E-state index in [0.717, 1.165) is 6.42 Å². The van der Waals surface area contributed by atoms with E-state index >= 15 is 0 Å². The van der Waals surface area contributed by atoms with Crippen LogP contribution in [0.4, 0.5) is 0 Å². The second kappa shape index (κ2) is 6.86. The first kappa shape index (κ1) is 15.0. The molecule has 110 valence electrons. The van der Waals surface area contributed by atoms with E-state index in [1.807, 2.05) is 6.07 Å². The Morgan fingerprint density at radius 1 is 1.52 bits per heavy atom. The van der Waals surface area contributed by atoms with Crippen molar-refractivity contribution in [2.75, 3.05) is 6.61 Å². The van der Waals surface area contributed by atoms with Crippen molar-refractivity contribution in [2.24, 2.45) is 0 Å². The maximum atomic E-state index is 11.9. The molecule has 1 aliphatic rings. The third-order valence-corrected chi connectivity index (χ3v) is 3.33. The molecule has 1 saturated heterocycles. The van der Waals surface area contributed by atoms with Crippen molar-refractivity contribution >= 4 is 11.9 Å². The SMILES string of the molecule is N#Cc1cccc(C[C@@H](NC(=O)[C@H]2CCCO2)C(=O)O)c1. The van der Waals surface area contributed by atoms with Crippen LogP contribution in [0.2, 0.25) is 0 Å². The summed E-state index contributed by atoms with van der Waals surface area (Å²) in [6.45, 7) is 0.528. The summed E-state index contributed by atoms with van der Waals surface area (Å²) < 4.78 is 5.23. The average Bonchev–Trinajstić information content (AvgIpc) is 3.01. The van der Waals surface area contributed by atoms with E-state index < -0.39 is 24.0 Å². The molecule has 0 bridgehead atoms. The number of nitrogens with zero attached hydrogens (tertiary/aromatic N) is 1. The highest BCUT2D eigenvalue weighted by atomic mass is 16.5. The minimum atomic E-state index is -1.11. The van der Waals surface area contributed by atoms with Gasteiger partial charge >= 0.3 is 5.97 Å². The number of rotatable bonds is 5. The van der Waals surface area contributed by atoms with E-state index in [1.54, 1.807) is 24.3 Å². The van der Waals surface area contributed by atoms with Crippen LogP contribution in [0.25, 0.3) is 0 Å². The number of benzene rings is 1. The summed E-state index contributed by atoms with van der Waals surface area (Å²) in [6.07, 6.45) is 0.989. The van der Waals surface area contributed by atoms with Gasteiger partial charge in [-0.05, 0) is 30.5 Å². The van der Waals surface area contributed by atoms with Gasteiger partial charge in [0.1, 0.15) is 12.1 Å². The van der Waals surface area contributed by atoms with Crippen LogP contribution in [-0.2, 0) is 20.7 Å². The van der Waals surface area contributed by atoms with E-state index in [9.17, 15) is 14.7 Å². The molecular weight excluding hydrogens is 272 g/mol. The van der Waals surface area contributed by atoms with Crippen LogP contribution in [0.3, 0.4) is 0 Å². The minimum absolute atomic E-state index is 0.128. The number of aliphatic carboxylic acids is 1. The Balaban J connectivity index is 2.03. The zero-order valence-corrected chi connectivity index (χ0v) is 11.4. The van der Waals surface area contributed by atoms with Gasteiger partial charge in [-0.3, -0.25) is 4.79 Å². The molecule has 1 aromatic carbocycles. The van der Waals surface area contributed by atoms with E-state index in [4.69, 9.17) is 10.00 Å². The molecule has 6 heteroatoms. The van der Waals surface area contributed by atoms with Crippen molar-refractivity contribution in [3.05, 3.63) is 35.4 Å². The predicted molar refractivity (Wildman–Crippen MR) is 73.4 cm³/mol. The maximum absolute atomic E-state index is 11.9. The van der Waals surface area contributed by atoms with E-state index in [1.165, 1.54) is 0 Å². The van der Waals surface area contributed by atoms with Crippen molar-refractivity contribution in [3.8, 4) is 6.07 Å². The third kappa shape index (κ3) is 4.04. The van der Waals surface area contributed by atoms with Gasteiger partial charge in [0.25, 0.3) is 0 Å². The summed E-state index contributed by atoms with van der Waals surface area (Å²) in [4.78, 5) is 23.2. The highest BCUT2D eigenvalue weighted by Gasteiger charge is 2.28. The number of hydrogen-bond donors (Lipinski definition) is 2. The normalized spacial score (nSPS) is 18.7. The third-order valence-electron chi connectivity index (χ3n) is 3.33. The summed E-state index contributed by atoms with van der Waals surface area (Å²) in [7, 11) is 0. The lowest BCUT2D eigenvalue weighted by Crippen LogP contribution is -2.46. The van der Waals surface area contributed by atoms with Gasteiger partial charge in [0, 0.05) is 13.0 Å². The fourth-order valence-corrected chi connectivity index (χ4v) is 2.25. The van der Waals surface area contributed by atoms with Crippen molar-refractivity contribution < 1.29 is 19.4 Å². The highest BCUT2D eigenvalue weighted by Crippen LogP contribution is 2.13. The minimum Gasteiger partial charge on any atom is -0.480 e. The standard InChI is InChI=1S/C15H16N2O4/c16-9-11-4-1-3-10(7-11)8-12(15(19)20)17-14(18)13-5-2-6-21-13/h1,3-4,7,12-13H,2,5-6,8H2,(H,17,18)(H,19,20)/t12-,13-/m1/s1. The number of ether oxygens (including phenoxy) is 1. The summed E-state index contributed by atoms with van der Waals surface area (Å²) in [5.41, 5.74) is 1.15. The van der Waals surface area contributed by atoms with Crippen molar-refractivity contribution in [2.45, 2.75) is 31.4 Å². The second-order valence-electron chi connectivity index (χ2n) is 4.92.